The number of ether oxygens (including phenoxy) is 2. The highest BCUT2D eigenvalue weighted by atomic mass is 32.2. The lowest BCUT2D eigenvalue weighted by Gasteiger charge is -2.38. The maximum absolute atomic E-state index is 12.8. The average Bonchev–Trinajstić information content (AvgIpc) is 2.61. The zero-order valence-corrected chi connectivity index (χ0v) is 16.4. The molecule has 0 spiro atoms. The van der Waals surface area contributed by atoms with Gasteiger partial charge in [0.25, 0.3) is 0 Å². The van der Waals surface area contributed by atoms with E-state index in [4.69, 9.17) is 9.47 Å². The fourth-order valence-electron chi connectivity index (χ4n) is 3.13. The SMILES string of the molecule is COc1ccc2c(c1)OC(C)(C)C[C@H]2NC(=O)[C@H](C)Sc1ccccc1. The van der Waals surface area contributed by atoms with Crippen LogP contribution in [-0.4, -0.2) is 23.9 Å². The fourth-order valence-corrected chi connectivity index (χ4v) is 4.03. The molecule has 2 aromatic rings. The second-order valence-corrected chi connectivity index (χ2v) is 8.52. The molecule has 2 aromatic carbocycles. The van der Waals surface area contributed by atoms with Crippen LogP contribution in [0.4, 0.5) is 0 Å². The van der Waals surface area contributed by atoms with Gasteiger partial charge in [-0.15, -0.1) is 11.8 Å². The number of carbonyl (C=O) groups is 1. The van der Waals surface area contributed by atoms with Crippen LogP contribution < -0.4 is 14.8 Å². The van der Waals surface area contributed by atoms with Crippen LogP contribution in [0.2, 0.25) is 0 Å². The van der Waals surface area contributed by atoms with Crippen molar-refractivity contribution in [3.8, 4) is 11.5 Å². The van der Waals surface area contributed by atoms with Crippen molar-refractivity contribution in [2.75, 3.05) is 7.11 Å². The van der Waals surface area contributed by atoms with E-state index in [-0.39, 0.29) is 22.8 Å². The van der Waals surface area contributed by atoms with Gasteiger partial charge in [-0.1, -0.05) is 18.2 Å². The molecular formula is C21H25NO3S. The van der Waals surface area contributed by atoms with E-state index in [1.54, 1.807) is 18.9 Å². The highest BCUT2D eigenvalue weighted by molar-refractivity contribution is 8.00. The van der Waals surface area contributed by atoms with Gasteiger partial charge in [-0.25, -0.2) is 0 Å². The summed E-state index contributed by atoms with van der Waals surface area (Å²) in [5.74, 6) is 1.55. The van der Waals surface area contributed by atoms with Crippen LogP contribution in [0.25, 0.3) is 0 Å². The van der Waals surface area contributed by atoms with E-state index in [0.717, 1.165) is 28.4 Å². The van der Waals surface area contributed by atoms with Crippen LogP contribution in [-0.2, 0) is 4.79 Å². The van der Waals surface area contributed by atoms with Crippen LogP contribution in [0.1, 0.15) is 38.8 Å². The van der Waals surface area contributed by atoms with Crippen molar-refractivity contribution in [3.05, 3.63) is 54.1 Å². The molecule has 0 aliphatic carbocycles. The van der Waals surface area contributed by atoms with E-state index >= 15 is 0 Å². The number of fused-ring (bicyclic) bond motifs is 1. The van der Waals surface area contributed by atoms with E-state index in [0.29, 0.717) is 0 Å². The number of benzene rings is 2. The summed E-state index contributed by atoms with van der Waals surface area (Å²) in [6.07, 6.45) is 0.723. The van der Waals surface area contributed by atoms with Crippen molar-refractivity contribution < 1.29 is 14.3 Å². The summed E-state index contributed by atoms with van der Waals surface area (Å²) in [6.45, 7) is 6.01. The zero-order chi connectivity index (χ0) is 18.7. The minimum Gasteiger partial charge on any atom is -0.497 e. The Morgan fingerprint density at radius 3 is 2.69 bits per heavy atom. The number of rotatable bonds is 5. The van der Waals surface area contributed by atoms with E-state index in [9.17, 15) is 4.79 Å². The maximum atomic E-state index is 12.8. The van der Waals surface area contributed by atoms with Crippen molar-refractivity contribution >= 4 is 17.7 Å². The Hall–Kier alpha value is -2.14. The molecule has 0 radical (unpaired) electrons. The molecule has 2 atom stereocenters. The minimum absolute atomic E-state index is 0.0309. The molecule has 4 nitrogen and oxygen atoms in total. The second kappa shape index (κ2) is 7.62. The molecule has 138 valence electrons. The predicted molar refractivity (Wildman–Crippen MR) is 105 cm³/mol. The molecule has 3 rings (SSSR count). The van der Waals surface area contributed by atoms with Crippen LogP contribution >= 0.6 is 11.8 Å². The summed E-state index contributed by atoms with van der Waals surface area (Å²) in [5, 5.41) is 3.03. The molecule has 1 N–H and O–H groups in total. The van der Waals surface area contributed by atoms with Crippen molar-refractivity contribution in [3.63, 3.8) is 0 Å². The number of thioether (sulfide) groups is 1. The molecular weight excluding hydrogens is 346 g/mol. The third kappa shape index (κ3) is 4.33. The lowest BCUT2D eigenvalue weighted by atomic mass is 9.89. The molecule has 1 aliphatic rings. The van der Waals surface area contributed by atoms with Gasteiger partial charge in [0.15, 0.2) is 0 Å². The largest absolute Gasteiger partial charge is 0.497 e. The Kier molecular flexibility index (Phi) is 5.47. The maximum Gasteiger partial charge on any atom is 0.233 e. The Morgan fingerprint density at radius 2 is 2.00 bits per heavy atom. The van der Waals surface area contributed by atoms with E-state index in [1.807, 2.05) is 69.3 Å². The van der Waals surface area contributed by atoms with Gasteiger partial charge in [-0.3, -0.25) is 4.79 Å². The summed E-state index contributed by atoms with van der Waals surface area (Å²) in [5.41, 5.74) is 0.642. The van der Waals surface area contributed by atoms with Gasteiger partial charge >= 0.3 is 0 Å². The predicted octanol–water partition coefficient (Wildman–Crippen LogP) is 4.59. The van der Waals surface area contributed by atoms with E-state index < -0.39 is 0 Å². The second-order valence-electron chi connectivity index (χ2n) is 7.10. The Labute approximate surface area is 159 Å². The number of amides is 1. The van der Waals surface area contributed by atoms with Crippen molar-refractivity contribution in [2.24, 2.45) is 0 Å². The summed E-state index contributed by atoms with van der Waals surface area (Å²) in [6, 6.07) is 15.7. The molecule has 0 bridgehead atoms. The van der Waals surface area contributed by atoms with Gasteiger partial charge in [-0.05, 0) is 45.0 Å². The van der Waals surface area contributed by atoms with E-state index in [2.05, 4.69) is 5.32 Å². The Balaban J connectivity index is 1.75. The molecule has 0 saturated heterocycles. The molecule has 0 fully saturated rings. The molecule has 0 saturated carbocycles. The first-order valence-corrected chi connectivity index (χ1v) is 9.65. The van der Waals surface area contributed by atoms with Gasteiger partial charge in [0.1, 0.15) is 17.1 Å². The topological polar surface area (TPSA) is 47.6 Å². The first-order chi connectivity index (χ1) is 12.4. The van der Waals surface area contributed by atoms with Crippen molar-refractivity contribution in [1.82, 2.24) is 5.32 Å². The minimum atomic E-state index is -0.354. The van der Waals surface area contributed by atoms with Gasteiger partial charge in [0, 0.05) is 22.9 Å². The molecule has 26 heavy (non-hydrogen) atoms. The molecule has 1 heterocycles. The van der Waals surface area contributed by atoms with Gasteiger partial charge in [-0.2, -0.15) is 0 Å². The lowest BCUT2D eigenvalue weighted by Crippen LogP contribution is -2.43. The molecule has 1 aliphatic heterocycles. The van der Waals surface area contributed by atoms with Crippen LogP contribution in [0.3, 0.4) is 0 Å². The van der Waals surface area contributed by atoms with Gasteiger partial charge < -0.3 is 14.8 Å². The highest BCUT2D eigenvalue weighted by Gasteiger charge is 2.35. The summed E-state index contributed by atoms with van der Waals surface area (Å²) in [4.78, 5) is 13.9. The molecule has 0 aromatic heterocycles. The normalized spacial score (nSPS) is 19.0. The van der Waals surface area contributed by atoms with Crippen LogP contribution in [0, 0.1) is 0 Å². The standard InChI is InChI=1S/C21H25NO3S/c1-14(26-16-8-6-5-7-9-16)20(23)22-18-13-21(2,3)25-19-12-15(24-4)10-11-17(18)19/h5-12,14,18H,13H2,1-4H3,(H,22,23)/t14-,18+/m0/s1. The van der Waals surface area contributed by atoms with Crippen molar-refractivity contribution in [1.29, 1.82) is 0 Å². The Morgan fingerprint density at radius 1 is 1.27 bits per heavy atom. The first-order valence-electron chi connectivity index (χ1n) is 8.77. The number of hydrogen-bond acceptors (Lipinski definition) is 4. The number of nitrogens with one attached hydrogen (secondary N) is 1. The number of hydrogen-bond donors (Lipinski definition) is 1. The molecule has 1 amide bonds. The van der Waals surface area contributed by atoms with Gasteiger partial charge in [0.2, 0.25) is 5.91 Å². The monoisotopic (exact) mass is 371 g/mol. The number of carbonyl (C=O) groups excluding carboxylic acids is 1. The highest BCUT2D eigenvalue weighted by Crippen LogP contribution is 2.41. The molecule has 5 heteroatoms. The fraction of sp³-hybridized carbons (Fsp3) is 0.381. The molecule has 0 unspecified atom stereocenters. The average molecular weight is 372 g/mol. The smallest absolute Gasteiger partial charge is 0.233 e. The summed E-state index contributed by atoms with van der Waals surface area (Å²) in [7, 11) is 1.64. The zero-order valence-electron chi connectivity index (χ0n) is 15.6. The van der Waals surface area contributed by atoms with E-state index in [1.165, 1.54) is 0 Å². The third-order valence-corrected chi connectivity index (χ3v) is 5.53. The summed E-state index contributed by atoms with van der Waals surface area (Å²) < 4.78 is 11.4. The third-order valence-electron chi connectivity index (χ3n) is 4.42. The van der Waals surface area contributed by atoms with Gasteiger partial charge in [0.05, 0.1) is 18.4 Å². The first kappa shape index (κ1) is 18.6. The lowest BCUT2D eigenvalue weighted by molar-refractivity contribution is -0.121. The van der Waals surface area contributed by atoms with Crippen LogP contribution in [0.15, 0.2) is 53.4 Å². The quantitative estimate of drug-likeness (QED) is 0.781. The number of methoxy groups -OCH3 is 1. The van der Waals surface area contributed by atoms with Crippen LogP contribution in [0.5, 0.6) is 11.5 Å². The van der Waals surface area contributed by atoms with Crippen molar-refractivity contribution in [2.45, 2.75) is 49.0 Å². The Bertz CT molecular complexity index is 776. The summed E-state index contributed by atoms with van der Waals surface area (Å²) >= 11 is 1.56.